The number of carboxylic acids is 2. The Labute approximate surface area is 259 Å². The van der Waals surface area contributed by atoms with E-state index in [1.807, 2.05) is 36.4 Å². The molecular weight excluding hydrogens is 625 g/mol. The van der Waals surface area contributed by atoms with Crippen LogP contribution in [0, 0.1) is 13.8 Å². The van der Waals surface area contributed by atoms with E-state index in [1.165, 1.54) is 14.2 Å². The van der Waals surface area contributed by atoms with Crippen molar-refractivity contribution in [3.63, 3.8) is 0 Å². The molecular formula is C28H24Cl2N4O6Zn. The largest absolute Gasteiger partial charge is 2.00 e. The van der Waals surface area contributed by atoms with Crippen LogP contribution in [-0.4, -0.2) is 46.1 Å². The summed E-state index contributed by atoms with van der Waals surface area (Å²) >= 11 is 12.2. The molecule has 0 N–H and O–H groups in total. The maximum Gasteiger partial charge on any atom is 2.00 e. The second kappa shape index (κ2) is 15.4. The van der Waals surface area contributed by atoms with Gasteiger partial charge < -0.3 is 29.3 Å². The third kappa shape index (κ3) is 8.66. The average Bonchev–Trinajstić information content (AvgIpc) is 2.92. The van der Waals surface area contributed by atoms with Crippen molar-refractivity contribution >= 4 is 35.1 Å². The van der Waals surface area contributed by atoms with Crippen LogP contribution in [0.5, 0.6) is 11.8 Å². The van der Waals surface area contributed by atoms with Crippen LogP contribution in [0.15, 0.2) is 48.5 Å². The summed E-state index contributed by atoms with van der Waals surface area (Å²) in [5.41, 5.74) is 4.23. The first-order chi connectivity index (χ1) is 19.0. The smallest absolute Gasteiger partial charge is 0.541 e. The second-order valence-corrected chi connectivity index (χ2v) is 9.17. The Hall–Kier alpha value is -3.66. The Bertz CT molecular complexity index is 1440. The van der Waals surface area contributed by atoms with Gasteiger partial charge in [-0.25, -0.2) is 9.97 Å². The van der Waals surface area contributed by atoms with E-state index in [-0.39, 0.29) is 42.9 Å². The van der Waals surface area contributed by atoms with Gasteiger partial charge in [-0.15, -0.1) is 0 Å². The molecule has 4 rings (SSSR count). The number of hydrogen-bond acceptors (Lipinski definition) is 10. The molecule has 0 unspecified atom stereocenters. The molecule has 0 aliphatic heterocycles. The molecule has 0 radical (unpaired) electrons. The fourth-order valence-electron chi connectivity index (χ4n) is 3.73. The zero-order chi connectivity index (χ0) is 29.4. The normalized spacial score (nSPS) is 10.1. The quantitative estimate of drug-likeness (QED) is 0.261. The van der Waals surface area contributed by atoms with Gasteiger partial charge in [-0.2, -0.15) is 9.97 Å². The van der Waals surface area contributed by atoms with Crippen LogP contribution in [-0.2, 0) is 32.3 Å². The summed E-state index contributed by atoms with van der Waals surface area (Å²) in [6.45, 7) is 3.39. The summed E-state index contributed by atoms with van der Waals surface area (Å²) in [7, 11) is 2.86. The van der Waals surface area contributed by atoms with Gasteiger partial charge in [-0.05, 0) is 37.1 Å². The molecule has 0 amide bonds. The Kier molecular flexibility index (Phi) is 12.6. The van der Waals surface area contributed by atoms with E-state index in [1.54, 1.807) is 26.0 Å². The van der Waals surface area contributed by atoms with Gasteiger partial charge in [-0.3, -0.25) is 0 Å². The van der Waals surface area contributed by atoms with Crippen LogP contribution in [0.2, 0.25) is 10.0 Å². The van der Waals surface area contributed by atoms with Crippen LogP contribution >= 0.6 is 23.2 Å². The Morgan fingerprint density at radius 2 is 1.02 bits per heavy atom. The summed E-state index contributed by atoms with van der Waals surface area (Å²) in [6.07, 6.45) is 0.921. The fraction of sp³-hybridized carbons (Fsp3) is 0.214. The van der Waals surface area contributed by atoms with E-state index >= 15 is 0 Å². The molecule has 0 aliphatic rings. The second-order valence-electron chi connectivity index (χ2n) is 8.35. The molecule has 0 bridgehead atoms. The minimum Gasteiger partial charge on any atom is -0.541 e. The maximum atomic E-state index is 10.8. The van der Waals surface area contributed by atoms with Crippen LogP contribution in [0.1, 0.15) is 54.9 Å². The standard InChI is InChI=1S/2C14H13ClN2O3.Zn/c2*1-8-10(7-9-5-3-4-6-11(9)15)13(20-2)17-12(16-8)14(18)19;/h2*3-6H,7H2,1-2H3,(H,18,19);/q;;+2/p-2. The number of carboxylic acid groups (broad SMARTS) is 2. The Morgan fingerprint density at radius 3 is 1.32 bits per heavy atom. The summed E-state index contributed by atoms with van der Waals surface area (Å²) in [6, 6.07) is 14.8. The first-order valence-corrected chi connectivity index (χ1v) is 12.5. The van der Waals surface area contributed by atoms with Crippen LogP contribution < -0.4 is 19.7 Å². The number of aromatic nitrogens is 4. The van der Waals surface area contributed by atoms with E-state index in [0.717, 1.165) is 11.1 Å². The molecule has 4 aromatic rings. The number of methoxy groups -OCH3 is 2. The van der Waals surface area contributed by atoms with Gasteiger partial charge in [0.15, 0.2) is 11.6 Å². The van der Waals surface area contributed by atoms with E-state index in [9.17, 15) is 19.8 Å². The fourth-order valence-corrected chi connectivity index (χ4v) is 4.14. The number of rotatable bonds is 8. The van der Waals surface area contributed by atoms with Crippen LogP contribution in [0.25, 0.3) is 0 Å². The number of halogens is 2. The van der Waals surface area contributed by atoms with Gasteiger partial charge in [0.2, 0.25) is 11.8 Å². The first kappa shape index (κ1) is 33.5. The minimum atomic E-state index is -1.43. The van der Waals surface area contributed by atoms with Crippen molar-refractivity contribution in [2.45, 2.75) is 26.7 Å². The predicted octanol–water partition coefficient (Wildman–Crippen LogP) is 2.80. The number of carbonyl (C=O) groups excluding carboxylic acids is 2. The van der Waals surface area contributed by atoms with E-state index in [0.29, 0.717) is 45.4 Å². The first-order valence-electron chi connectivity index (χ1n) is 11.8. The van der Waals surface area contributed by atoms with Gasteiger partial charge in [-0.1, -0.05) is 59.6 Å². The minimum absolute atomic E-state index is 0. The van der Waals surface area contributed by atoms with Crippen molar-refractivity contribution in [2.75, 3.05) is 14.2 Å². The molecule has 208 valence electrons. The molecule has 0 saturated carbocycles. The summed E-state index contributed by atoms with van der Waals surface area (Å²) in [4.78, 5) is 37.2. The van der Waals surface area contributed by atoms with Crippen molar-refractivity contribution in [2.24, 2.45) is 0 Å². The van der Waals surface area contributed by atoms with Gasteiger partial charge in [0.25, 0.3) is 0 Å². The molecule has 0 atom stereocenters. The molecule has 2 aromatic carbocycles. The monoisotopic (exact) mass is 646 g/mol. The zero-order valence-corrected chi connectivity index (χ0v) is 27.2. The van der Waals surface area contributed by atoms with E-state index in [4.69, 9.17) is 32.7 Å². The average molecular weight is 649 g/mol. The predicted molar refractivity (Wildman–Crippen MR) is 144 cm³/mol. The Balaban J connectivity index is 0.000000280. The van der Waals surface area contributed by atoms with Crippen LogP contribution in [0.4, 0.5) is 0 Å². The van der Waals surface area contributed by atoms with Crippen molar-refractivity contribution in [1.29, 1.82) is 0 Å². The molecule has 2 heterocycles. The molecule has 10 nitrogen and oxygen atoms in total. The van der Waals surface area contributed by atoms with Gasteiger partial charge in [0.05, 0.1) is 14.2 Å². The van der Waals surface area contributed by atoms with Crippen molar-refractivity contribution in [3.05, 3.63) is 104 Å². The van der Waals surface area contributed by atoms with Crippen molar-refractivity contribution < 1.29 is 48.8 Å². The summed E-state index contributed by atoms with van der Waals surface area (Å²) in [5, 5.41) is 22.9. The molecule has 13 heteroatoms. The Morgan fingerprint density at radius 1 is 0.683 bits per heavy atom. The zero-order valence-electron chi connectivity index (χ0n) is 22.7. The number of aryl methyl sites for hydroxylation is 2. The van der Waals surface area contributed by atoms with Gasteiger partial charge in [0.1, 0.15) is 11.9 Å². The number of benzene rings is 2. The van der Waals surface area contributed by atoms with E-state index in [2.05, 4.69) is 19.9 Å². The molecule has 0 saturated heterocycles. The summed E-state index contributed by atoms with van der Waals surface area (Å²) in [5.74, 6) is -3.20. The molecule has 0 spiro atoms. The summed E-state index contributed by atoms with van der Waals surface area (Å²) < 4.78 is 10.3. The number of nitrogens with zero attached hydrogens (tertiary/aromatic N) is 4. The SMILES string of the molecule is COc1nc(C(=O)[O-])nc(C)c1Cc1ccccc1Cl.COc1nc(C(=O)[O-])nc(C)c1Cc1ccccc1Cl.[Zn+2]. The molecule has 41 heavy (non-hydrogen) atoms. The van der Waals surface area contributed by atoms with Gasteiger partial charge >= 0.3 is 19.5 Å². The number of aromatic carboxylic acids is 2. The van der Waals surface area contributed by atoms with E-state index < -0.39 is 11.9 Å². The number of hydrogen-bond donors (Lipinski definition) is 0. The van der Waals surface area contributed by atoms with Gasteiger partial charge in [0, 0.05) is 45.4 Å². The third-order valence-corrected chi connectivity index (χ3v) is 6.49. The molecule has 0 fully saturated rings. The molecule has 2 aromatic heterocycles. The molecule has 0 aliphatic carbocycles. The topological polar surface area (TPSA) is 150 Å². The van der Waals surface area contributed by atoms with Crippen LogP contribution in [0.3, 0.4) is 0 Å². The third-order valence-electron chi connectivity index (χ3n) is 5.75. The number of ether oxygens (including phenoxy) is 2. The van der Waals surface area contributed by atoms with Crippen molar-refractivity contribution in [3.8, 4) is 11.8 Å². The van der Waals surface area contributed by atoms with Crippen molar-refractivity contribution in [1.82, 2.24) is 19.9 Å². The number of carbonyl (C=O) groups is 2. The maximum absolute atomic E-state index is 10.8.